The van der Waals surface area contributed by atoms with Crippen LogP contribution in [0.25, 0.3) is 0 Å². The van der Waals surface area contributed by atoms with Crippen LogP contribution in [0.2, 0.25) is 5.02 Å². The molecule has 0 aliphatic carbocycles. The minimum absolute atomic E-state index is 0.0605. The van der Waals surface area contributed by atoms with Crippen molar-refractivity contribution in [2.24, 2.45) is 0 Å². The van der Waals surface area contributed by atoms with E-state index in [1.165, 1.54) is 18.2 Å². The van der Waals surface area contributed by atoms with Crippen LogP contribution < -0.4 is 5.32 Å². The SMILES string of the molecule is Cc1ccc(NC(=O)CCCCCN2C(=O)c3cccc([N+](=O)[O-])c3C2=O)cc1Cl. The van der Waals surface area contributed by atoms with Crippen LogP contribution in [0.1, 0.15) is 52.0 Å². The first-order valence-electron chi connectivity index (χ1n) is 9.49. The fourth-order valence-electron chi connectivity index (χ4n) is 3.30. The van der Waals surface area contributed by atoms with Crippen LogP contribution in [-0.2, 0) is 4.79 Å². The largest absolute Gasteiger partial charge is 0.326 e. The van der Waals surface area contributed by atoms with Gasteiger partial charge in [0.05, 0.1) is 10.5 Å². The maximum absolute atomic E-state index is 12.5. The molecule has 3 rings (SSSR count). The number of hydrogen-bond donors (Lipinski definition) is 1. The summed E-state index contributed by atoms with van der Waals surface area (Å²) in [4.78, 5) is 48.4. The van der Waals surface area contributed by atoms with Crippen LogP contribution in [0.4, 0.5) is 11.4 Å². The van der Waals surface area contributed by atoms with E-state index in [-0.39, 0.29) is 29.3 Å². The Labute approximate surface area is 178 Å². The minimum atomic E-state index is -0.659. The Kier molecular flexibility index (Phi) is 6.47. The quantitative estimate of drug-likeness (QED) is 0.290. The van der Waals surface area contributed by atoms with Crippen molar-refractivity contribution in [3.63, 3.8) is 0 Å². The average Bonchev–Trinajstić information content (AvgIpc) is 2.95. The molecule has 30 heavy (non-hydrogen) atoms. The highest BCUT2D eigenvalue weighted by atomic mass is 35.5. The number of nitrogens with zero attached hydrogens (tertiary/aromatic N) is 2. The second-order valence-electron chi connectivity index (χ2n) is 7.04. The molecule has 1 aliphatic heterocycles. The molecule has 1 aliphatic rings. The van der Waals surface area contributed by atoms with Gasteiger partial charge in [-0.25, -0.2) is 0 Å². The molecular weight excluding hydrogens is 410 g/mol. The lowest BCUT2D eigenvalue weighted by Crippen LogP contribution is -2.30. The molecule has 3 amide bonds. The molecule has 8 nitrogen and oxygen atoms in total. The molecule has 0 saturated heterocycles. The number of rotatable bonds is 8. The Balaban J connectivity index is 1.47. The lowest BCUT2D eigenvalue weighted by molar-refractivity contribution is -0.385. The van der Waals surface area contributed by atoms with Crippen LogP contribution in [0.3, 0.4) is 0 Å². The van der Waals surface area contributed by atoms with Gasteiger partial charge >= 0.3 is 0 Å². The molecule has 156 valence electrons. The number of nitro groups is 1. The van der Waals surface area contributed by atoms with Crippen molar-refractivity contribution < 1.29 is 19.3 Å². The predicted molar refractivity (Wildman–Crippen MR) is 112 cm³/mol. The van der Waals surface area contributed by atoms with Gasteiger partial charge in [0.1, 0.15) is 5.56 Å². The van der Waals surface area contributed by atoms with Crippen LogP contribution >= 0.6 is 11.6 Å². The summed E-state index contributed by atoms with van der Waals surface area (Å²) in [5.74, 6) is -1.31. The van der Waals surface area contributed by atoms with E-state index >= 15 is 0 Å². The monoisotopic (exact) mass is 429 g/mol. The average molecular weight is 430 g/mol. The molecule has 2 aromatic carbocycles. The van der Waals surface area contributed by atoms with Crippen molar-refractivity contribution in [2.45, 2.75) is 32.6 Å². The smallest absolute Gasteiger partial charge is 0.282 e. The van der Waals surface area contributed by atoms with Crippen LogP contribution in [0.5, 0.6) is 0 Å². The van der Waals surface area contributed by atoms with Crippen molar-refractivity contribution in [3.05, 3.63) is 68.2 Å². The Morgan fingerprint density at radius 2 is 1.90 bits per heavy atom. The molecule has 2 aromatic rings. The summed E-state index contributed by atoms with van der Waals surface area (Å²) in [6, 6.07) is 9.32. The number of carbonyl (C=O) groups is 3. The number of benzene rings is 2. The number of anilines is 1. The number of nitro benzene ring substituents is 1. The highest BCUT2D eigenvalue weighted by Gasteiger charge is 2.40. The number of imide groups is 1. The van der Waals surface area contributed by atoms with Crippen LogP contribution in [0, 0.1) is 17.0 Å². The molecule has 1 heterocycles. The molecule has 0 saturated carbocycles. The van der Waals surface area contributed by atoms with Gasteiger partial charge < -0.3 is 5.32 Å². The molecule has 1 N–H and O–H groups in total. The van der Waals surface area contributed by atoms with E-state index in [4.69, 9.17) is 11.6 Å². The van der Waals surface area contributed by atoms with E-state index in [0.717, 1.165) is 10.5 Å². The summed E-state index contributed by atoms with van der Waals surface area (Å²) in [5, 5.41) is 14.5. The molecule has 0 spiro atoms. The number of nitrogens with one attached hydrogen (secondary N) is 1. The number of hydrogen-bond acceptors (Lipinski definition) is 5. The van der Waals surface area contributed by atoms with E-state index in [9.17, 15) is 24.5 Å². The third-order valence-electron chi connectivity index (χ3n) is 4.91. The van der Waals surface area contributed by atoms with Crippen molar-refractivity contribution in [1.82, 2.24) is 4.90 Å². The number of aryl methyl sites for hydroxylation is 1. The molecule has 0 unspecified atom stereocenters. The first-order chi connectivity index (χ1) is 14.3. The number of unbranched alkanes of at least 4 members (excludes halogenated alkanes) is 2. The lowest BCUT2D eigenvalue weighted by Gasteiger charge is -2.13. The molecule has 0 bridgehead atoms. The second kappa shape index (κ2) is 9.04. The molecule has 9 heteroatoms. The van der Waals surface area contributed by atoms with Crippen molar-refractivity contribution in [3.8, 4) is 0 Å². The third-order valence-corrected chi connectivity index (χ3v) is 5.32. The molecule has 0 fully saturated rings. The maximum Gasteiger partial charge on any atom is 0.282 e. The van der Waals surface area contributed by atoms with E-state index in [1.54, 1.807) is 12.1 Å². The summed E-state index contributed by atoms with van der Waals surface area (Å²) in [7, 11) is 0. The fraction of sp³-hybridized carbons (Fsp3) is 0.286. The van der Waals surface area contributed by atoms with Gasteiger partial charge in [0, 0.05) is 29.7 Å². The van der Waals surface area contributed by atoms with Gasteiger partial charge in [-0.2, -0.15) is 0 Å². The fourth-order valence-corrected chi connectivity index (χ4v) is 3.48. The Morgan fingerprint density at radius 3 is 2.60 bits per heavy atom. The molecule has 0 radical (unpaired) electrons. The summed E-state index contributed by atoms with van der Waals surface area (Å²) in [6.07, 6.45) is 1.99. The highest BCUT2D eigenvalue weighted by Crippen LogP contribution is 2.30. The number of carbonyl (C=O) groups excluding carboxylic acids is 3. The van der Waals surface area contributed by atoms with Crippen molar-refractivity contribution >= 4 is 40.7 Å². The normalized spacial score (nSPS) is 12.8. The van der Waals surface area contributed by atoms with E-state index < -0.39 is 16.7 Å². The number of fused-ring (bicyclic) bond motifs is 1. The zero-order valence-electron chi connectivity index (χ0n) is 16.3. The van der Waals surface area contributed by atoms with Gasteiger partial charge in [-0.3, -0.25) is 29.4 Å². The number of halogens is 1. The first kappa shape index (κ1) is 21.4. The summed E-state index contributed by atoms with van der Waals surface area (Å²) >= 11 is 6.04. The zero-order valence-corrected chi connectivity index (χ0v) is 17.1. The minimum Gasteiger partial charge on any atom is -0.326 e. The van der Waals surface area contributed by atoms with Gasteiger partial charge in [-0.05, 0) is 43.5 Å². The maximum atomic E-state index is 12.5. The van der Waals surface area contributed by atoms with Crippen molar-refractivity contribution in [2.75, 3.05) is 11.9 Å². The third kappa shape index (κ3) is 4.49. The highest BCUT2D eigenvalue weighted by molar-refractivity contribution is 6.31. The number of amides is 3. The molecular formula is C21H20ClN3O5. The van der Waals surface area contributed by atoms with E-state index in [1.807, 2.05) is 13.0 Å². The Hall–Kier alpha value is -3.26. The van der Waals surface area contributed by atoms with Crippen molar-refractivity contribution in [1.29, 1.82) is 0 Å². The first-order valence-corrected chi connectivity index (χ1v) is 9.87. The van der Waals surface area contributed by atoms with Crippen LogP contribution in [-0.4, -0.2) is 34.1 Å². The Morgan fingerprint density at radius 1 is 1.13 bits per heavy atom. The van der Waals surface area contributed by atoms with Crippen LogP contribution in [0.15, 0.2) is 36.4 Å². The van der Waals surface area contributed by atoms with Gasteiger partial charge in [-0.15, -0.1) is 0 Å². The Bertz CT molecular complexity index is 1040. The zero-order chi connectivity index (χ0) is 21.8. The lowest BCUT2D eigenvalue weighted by atomic mass is 10.1. The topological polar surface area (TPSA) is 110 Å². The molecule has 0 aromatic heterocycles. The summed E-state index contributed by atoms with van der Waals surface area (Å²) < 4.78 is 0. The van der Waals surface area contributed by atoms with Gasteiger partial charge in [0.2, 0.25) is 5.91 Å². The predicted octanol–water partition coefficient (Wildman–Crippen LogP) is 4.35. The van der Waals surface area contributed by atoms with Gasteiger partial charge in [-0.1, -0.05) is 30.2 Å². The standard InChI is InChI=1S/C21H20ClN3O5/c1-13-9-10-14(12-16(13)22)23-18(26)8-3-2-4-11-24-20(27)15-6-5-7-17(25(29)30)19(15)21(24)28/h5-7,9-10,12H,2-4,8,11H2,1H3,(H,23,26). The summed E-state index contributed by atoms with van der Waals surface area (Å²) in [6.45, 7) is 2.03. The van der Waals surface area contributed by atoms with Gasteiger partial charge in [0.25, 0.3) is 17.5 Å². The summed E-state index contributed by atoms with van der Waals surface area (Å²) in [5.41, 5.74) is 1.10. The van der Waals surface area contributed by atoms with E-state index in [0.29, 0.717) is 36.4 Å². The van der Waals surface area contributed by atoms with Gasteiger partial charge in [0.15, 0.2) is 0 Å². The second-order valence-corrected chi connectivity index (χ2v) is 7.45. The van der Waals surface area contributed by atoms with E-state index in [2.05, 4.69) is 5.32 Å². The molecule has 0 atom stereocenters.